The lowest BCUT2D eigenvalue weighted by Crippen LogP contribution is -2.13. The molecule has 0 saturated carbocycles. The number of ether oxygens (including phenoxy) is 2. The van der Waals surface area contributed by atoms with E-state index in [2.05, 4.69) is 10.6 Å². The summed E-state index contributed by atoms with van der Waals surface area (Å²) >= 11 is 0. The van der Waals surface area contributed by atoms with E-state index in [1.54, 1.807) is 37.3 Å². The van der Waals surface area contributed by atoms with Crippen molar-refractivity contribution in [2.75, 3.05) is 17.2 Å². The topological polar surface area (TPSA) is 93.7 Å². The number of hydrogen-bond donors (Lipinski definition) is 2. The molecular formula is C26H24N2O5. The van der Waals surface area contributed by atoms with Gasteiger partial charge in [-0.05, 0) is 68.0 Å². The quantitative estimate of drug-likeness (QED) is 0.288. The van der Waals surface area contributed by atoms with Crippen molar-refractivity contribution < 1.29 is 23.9 Å². The van der Waals surface area contributed by atoms with Gasteiger partial charge in [0.05, 0.1) is 6.61 Å². The molecular weight excluding hydrogens is 420 g/mol. The summed E-state index contributed by atoms with van der Waals surface area (Å²) in [5, 5.41) is 5.55. The summed E-state index contributed by atoms with van der Waals surface area (Å²) in [6, 6.07) is 20.7. The molecule has 3 rings (SSSR count). The molecule has 2 N–H and O–H groups in total. The number of benzene rings is 3. The molecule has 2 amide bonds. The van der Waals surface area contributed by atoms with Gasteiger partial charge in [0, 0.05) is 23.0 Å². The summed E-state index contributed by atoms with van der Waals surface area (Å²) in [5.74, 6) is -0.355. The highest BCUT2D eigenvalue weighted by Gasteiger charge is 2.09. The summed E-state index contributed by atoms with van der Waals surface area (Å²) in [4.78, 5) is 36.1. The van der Waals surface area contributed by atoms with Gasteiger partial charge in [-0.25, -0.2) is 4.79 Å². The highest BCUT2D eigenvalue weighted by atomic mass is 16.7. The van der Waals surface area contributed by atoms with Crippen LogP contribution in [0.15, 0.2) is 78.9 Å². The summed E-state index contributed by atoms with van der Waals surface area (Å²) in [5.41, 5.74) is 3.49. The average molecular weight is 444 g/mol. The number of hydrogen-bond acceptors (Lipinski definition) is 5. The Morgan fingerprint density at radius 2 is 1.58 bits per heavy atom. The second kappa shape index (κ2) is 11.3. The van der Waals surface area contributed by atoms with Crippen LogP contribution in [0.4, 0.5) is 16.2 Å². The van der Waals surface area contributed by atoms with E-state index < -0.39 is 6.16 Å². The monoisotopic (exact) mass is 444 g/mol. The van der Waals surface area contributed by atoms with Gasteiger partial charge in [0.1, 0.15) is 5.75 Å². The zero-order chi connectivity index (χ0) is 23.6. The summed E-state index contributed by atoms with van der Waals surface area (Å²) in [6.45, 7) is 3.88. The van der Waals surface area contributed by atoms with Crippen molar-refractivity contribution >= 4 is 35.4 Å². The summed E-state index contributed by atoms with van der Waals surface area (Å²) in [7, 11) is 0. The van der Waals surface area contributed by atoms with Crippen LogP contribution in [-0.2, 0) is 9.53 Å². The van der Waals surface area contributed by atoms with Gasteiger partial charge in [-0.15, -0.1) is 0 Å². The second-order valence-electron chi connectivity index (χ2n) is 7.08. The van der Waals surface area contributed by atoms with Crippen molar-refractivity contribution in [1.82, 2.24) is 0 Å². The molecule has 0 unspecified atom stereocenters. The molecule has 168 valence electrons. The number of carbonyl (C=O) groups excluding carboxylic acids is 3. The zero-order valence-corrected chi connectivity index (χ0v) is 18.3. The normalized spacial score (nSPS) is 10.5. The molecule has 0 bridgehead atoms. The van der Waals surface area contributed by atoms with E-state index in [1.807, 2.05) is 31.2 Å². The minimum atomic E-state index is -0.803. The van der Waals surface area contributed by atoms with Crippen molar-refractivity contribution in [2.45, 2.75) is 13.8 Å². The average Bonchev–Trinajstić information content (AvgIpc) is 2.78. The highest BCUT2D eigenvalue weighted by Crippen LogP contribution is 2.18. The Morgan fingerprint density at radius 1 is 0.879 bits per heavy atom. The Kier molecular flexibility index (Phi) is 7.96. The summed E-state index contributed by atoms with van der Waals surface area (Å²) in [6.07, 6.45) is 2.39. The lowest BCUT2D eigenvalue weighted by Gasteiger charge is -2.09. The van der Waals surface area contributed by atoms with Gasteiger partial charge in [-0.1, -0.05) is 35.9 Å². The van der Waals surface area contributed by atoms with E-state index in [4.69, 9.17) is 9.47 Å². The van der Waals surface area contributed by atoms with Gasteiger partial charge >= 0.3 is 6.16 Å². The van der Waals surface area contributed by atoms with Crippen molar-refractivity contribution in [1.29, 1.82) is 0 Å². The number of anilines is 2. The number of carbonyl (C=O) groups is 3. The standard InChI is InChI=1S/C26H24N2O5/c1-3-32-26(31)33-23-13-11-20(12-14-23)25(30)28-22-9-5-8-21(17-22)27-24(29)15-10-19-7-4-6-18(2)16-19/h4-17H,3H2,1-2H3,(H,27,29)(H,28,30)/b15-10+. The molecule has 0 heterocycles. The first-order chi connectivity index (χ1) is 15.9. The molecule has 0 radical (unpaired) electrons. The third-order valence-corrected chi connectivity index (χ3v) is 4.44. The Balaban J connectivity index is 1.58. The van der Waals surface area contributed by atoms with Gasteiger partial charge < -0.3 is 20.1 Å². The third-order valence-electron chi connectivity index (χ3n) is 4.44. The second-order valence-corrected chi connectivity index (χ2v) is 7.08. The molecule has 0 aliphatic rings. The van der Waals surface area contributed by atoms with Crippen LogP contribution in [0.5, 0.6) is 5.75 Å². The molecule has 3 aromatic rings. The SMILES string of the molecule is CCOC(=O)Oc1ccc(C(=O)Nc2cccc(NC(=O)/C=C/c3cccc(C)c3)c2)cc1. The first-order valence-corrected chi connectivity index (χ1v) is 10.3. The molecule has 7 heteroatoms. The summed E-state index contributed by atoms with van der Waals surface area (Å²) < 4.78 is 9.68. The number of amides is 2. The van der Waals surface area contributed by atoms with E-state index in [1.165, 1.54) is 30.3 Å². The van der Waals surface area contributed by atoms with Crippen LogP contribution >= 0.6 is 0 Å². The minimum Gasteiger partial charge on any atom is -0.434 e. The van der Waals surface area contributed by atoms with Crippen LogP contribution in [0, 0.1) is 6.92 Å². The van der Waals surface area contributed by atoms with Crippen LogP contribution in [0.3, 0.4) is 0 Å². The van der Waals surface area contributed by atoms with Crippen LogP contribution in [0.25, 0.3) is 6.08 Å². The van der Waals surface area contributed by atoms with Gasteiger partial charge in [0.25, 0.3) is 5.91 Å². The van der Waals surface area contributed by atoms with E-state index in [0.717, 1.165) is 11.1 Å². The molecule has 0 saturated heterocycles. The van der Waals surface area contributed by atoms with Crippen molar-refractivity contribution in [2.24, 2.45) is 0 Å². The first-order valence-electron chi connectivity index (χ1n) is 10.3. The Hall–Kier alpha value is -4.39. The predicted molar refractivity (Wildman–Crippen MR) is 127 cm³/mol. The molecule has 0 aliphatic heterocycles. The van der Waals surface area contributed by atoms with E-state index in [9.17, 15) is 14.4 Å². The van der Waals surface area contributed by atoms with Crippen molar-refractivity contribution in [3.05, 3.63) is 95.6 Å². The molecule has 0 fully saturated rings. The van der Waals surface area contributed by atoms with Crippen LogP contribution in [0.2, 0.25) is 0 Å². The lowest BCUT2D eigenvalue weighted by molar-refractivity contribution is -0.111. The maximum atomic E-state index is 12.5. The highest BCUT2D eigenvalue weighted by molar-refractivity contribution is 6.05. The van der Waals surface area contributed by atoms with Gasteiger partial charge in [0.15, 0.2) is 0 Å². The smallest absolute Gasteiger partial charge is 0.434 e. The fourth-order valence-corrected chi connectivity index (χ4v) is 2.93. The molecule has 0 atom stereocenters. The first kappa shape index (κ1) is 23.3. The maximum absolute atomic E-state index is 12.5. The molecule has 33 heavy (non-hydrogen) atoms. The fourth-order valence-electron chi connectivity index (χ4n) is 2.93. The maximum Gasteiger partial charge on any atom is 0.513 e. The Morgan fingerprint density at radius 3 is 2.27 bits per heavy atom. The molecule has 0 spiro atoms. The van der Waals surface area contributed by atoms with Gasteiger partial charge in [-0.3, -0.25) is 9.59 Å². The van der Waals surface area contributed by atoms with Crippen molar-refractivity contribution in [3.8, 4) is 5.75 Å². The van der Waals surface area contributed by atoms with Gasteiger partial charge in [0.2, 0.25) is 5.91 Å². The molecule has 3 aromatic carbocycles. The van der Waals surface area contributed by atoms with Crippen LogP contribution in [-0.4, -0.2) is 24.6 Å². The number of nitrogens with one attached hydrogen (secondary N) is 2. The Bertz CT molecular complexity index is 1170. The van der Waals surface area contributed by atoms with E-state index >= 15 is 0 Å². The fraction of sp³-hybridized carbons (Fsp3) is 0.115. The van der Waals surface area contributed by atoms with Crippen LogP contribution < -0.4 is 15.4 Å². The number of aryl methyl sites for hydroxylation is 1. The van der Waals surface area contributed by atoms with Crippen LogP contribution in [0.1, 0.15) is 28.4 Å². The van der Waals surface area contributed by atoms with E-state index in [-0.39, 0.29) is 24.2 Å². The van der Waals surface area contributed by atoms with Crippen molar-refractivity contribution in [3.63, 3.8) is 0 Å². The number of rotatable bonds is 7. The lowest BCUT2D eigenvalue weighted by atomic mass is 10.1. The Labute approximate surface area is 192 Å². The van der Waals surface area contributed by atoms with Gasteiger partial charge in [-0.2, -0.15) is 0 Å². The predicted octanol–water partition coefficient (Wildman–Crippen LogP) is 5.43. The largest absolute Gasteiger partial charge is 0.513 e. The third kappa shape index (κ3) is 7.36. The minimum absolute atomic E-state index is 0.210. The molecule has 0 aliphatic carbocycles. The van der Waals surface area contributed by atoms with E-state index in [0.29, 0.717) is 16.9 Å². The zero-order valence-electron chi connectivity index (χ0n) is 18.3. The molecule has 0 aromatic heterocycles. The molecule has 7 nitrogen and oxygen atoms in total.